The molecule has 3 rings (SSSR count). The molecule has 0 radical (unpaired) electrons. The number of halogens is 4. The van der Waals surface area contributed by atoms with E-state index in [0.29, 0.717) is 0 Å². The number of nitrogens with zero attached hydrogens (tertiary/aromatic N) is 1. The van der Waals surface area contributed by atoms with Crippen LogP contribution in [0.5, 0.6) is 0 Å². The number of aromatic amines is 1. The number of H-pyrrole nitrogens is 1. The molecule has 22 heavy (non-hydrogen) atoms. The van der Waals surface area contributed by atoms with Gasteiger partial charge in [0.1, 0.15) is 22.6 Å². The van der Waals surface area contributed by atoms with E-state index in [1.165, 1.54) is 24.3 Å². The number of nitrogens with one attached hydrogen (secondary N) is 2. The third-order valence-corrected chi connectivity index (χ3v) is 3.34. The zero-order chi connectivity index (χ0) is 15.7. The van der Waals surface area contributed by atoms with Crippen molar-refractivity contribution in [3.63, 3.8) is 0 Å². The van der Waals surface area contributed by atoms with Crippen LogP contribution in [0.2, 0.25) is 5.15 Å². The summed E-state index contributed by atoms with van der Waals surface area (Å²) in [6.07, 6.45) is 0. The Morgan fingerprint density at radius 1 is 0.864 bits per heavy atom. The maximum atomic E-state index is 13.9. The number of para-hydroxylation sites is 1. The molecule has 0 aliphatic heterocycles. The van der Waals surface area contributed by atoms with E-state index in [1.54, 1.807) is 6.07 Å². The summed E-state index contributed by atoms with van der Waals surface area (Å²) >= 11 is 5.94. The third kappa shape index (κ3) is 2.53. The lowest BCUT2D eigenvalue weighted by Crippen LogP contribution is -1.97. The molecule has 3 aromatic rings. The zero-order valence-corrected chi connectivity index (χ0v) is 11.8. The predicted octanol–water partition coefficient (Wildman–Crippen LogP) is 4.89. The molecule has 3 nitrogen and oxygen atoms in total. The van der Waals surface area contributed by atoms with E-state index in [4.69, 9.17) is 11.6 Å². The SMILES string of the molecule is Fc1ccccc1Nc1n[nH]c(Cl)c1-c1c(F)cccc1F. The van der Waals surface area contributed by atoms with Gasteiger partial charge in [-0.1, -0.05) is 29.8 Å². The van der Waals surface area contributed by atoms with E-state index >= 15 is 0 Å². The minimum absolute atomic E-state index is 0.000481. The fourth-order valence-electron chi connectivity index (χ4n) is 2.07. The van der Waals surface area contributed by atoms with E-state index in [2.05, 4.69) is 15.5 Å². The first-order valence-electron chi connectivity index (χ1n) is 6.27. The molecule has 0 aliphatic carbocycles. The van der Waals surface area contributed by atoms with Crippen LogP contribution in [0, 0.1) is 17.5 Å². The fourth-order valence-corrected chi connectivity index (χ4v) is 2.29. The summed E-state index contributed by atoms with van der Waals surface area (Å²) in [4.78, 5) is 0. The highest BCUT2D eigenvalue weighted by Crippen LogP contribution is 2.37. The van der Waals surface area contributed by atoms with Crippen molar-refractivity contribution < 1.29 is 13.2 Å². The molecule has 1 heterocycles. The second-order valence-corrected chi connectivity index (χ2v) is 4.84. The van der Waals surface area contributed by atoms with Crippen LogP contribution in [0.15, 0.2) is 42.5 Å². The van der Waals surface area contributed by atoms with Crippen LogP contribution in [-0.4, -0.2) is 10.2 Å². The van der Waals surface area contributed by atoms with Gasteiger partial charge in [-0.2, -0.15) is 5.10 Å². The third-order valence-electron chi connectivity index (χ3n) is 3.06. The summed E-state index contributed by atoms with van der Waals surface area (Å²) in [5, 5.41) is 8.90. The average Bonchev–Trinajstić information content (AvgIpc) is 2.83. The first kappa shape index (κ1) is 14.5. The summed E-state index contributed by atoms with van der Waals surface area (Å²) in [6.45, 7) is 0. The zero-order valence-electron chi connectivity index (χ0n) is 11.0. The Morgan fingerprint density at radius 2 is 1.50 bits per heavy atom. The van der Waals surface area contributed by atoms with Crippen molar-refractivity contribution in [3.8, 4) is 11.1 Å². The fraction of sp³-hybridized carbons (Fsp3) is 0. The molecule has 0 fully saturated rings. The minimum atomic E-state index is -0.792. The standard InChI is InChI=1S/C15H9ClF3N3/c16-14-13(12-9(18)5-3-6-10(12)19)15(22-21-14)20-11-7-2-1-4-8(11)17/h1-7H,(H2,20,21,22). The Labute approximate surface area is 128 Å². The molecule has 0 aliphatic rings. The van der Waals surface area contributed by atoms with Crippen LogP contribution in [0.4, 0.5) is 24.7 Å². The number of anilines is 2. The number of benzene rings is 2. The molecule has 0 saturated carbocycles. The van der Waals surface area contributed by atoms with Crippen LogP contribution in [0.25, 0.3) is 11.1 Å². The molecule has 0 saturated heterocycles. The second kappa shape index (κ2) is 5.73. The van der Waals surface area contributed by atoms with Crippen molar-refractivity contribution in [2.45, 2.75) is 0 Å². The van der Waals surface area contributed by atoms with Crippen molar-refractivity contribution >= 4 is 23.1 Å². The van der Waals surface area contributed by atoms with E-state index < -0.39 is 17.5 Å². The molecule has 0 spiro atoms. The highest BCUT2D eigenvalue weighted by molar-refractivity contribution is 6.32. The van der Waals surface area contributed by atoms with Gasteiger partial charge in [0.2, 0.25) is 0 Å². The molecular formula is C15H9ClF3N3. The lowest BCUT2D eigenvalue weighted by atomic mass is 10.1. The Balaban J connectivity index is 2.11. The van der Waals surface area contributed by atoms with Gasteiger partial charge in [-0.3, -0.25) is 5.10 Å². The second-order valence-electron chi connectivity index (χ2n) is 4.46. The van der Waals surface area contributed by atoms with Gasteiger partial charge in [0.15, 0.2) is 5.82 Å². The first-order chi connectivity index (χ1) is 10.6. The Kier molecular flexibility index (Phi) is 3.77. The van der Waals surface area contributed by atoms with Gasteiger partial charge in [0.05, 0.1) is 16.8 Å². The average molecular weight is 324 g/mol. The van der Waals surface area contributed by atoms with Gasteiger partial charge in [-0.25, -0.2) is 13.2 Å². The summed E-state index contributed by atoms with van der Waals surface area (Å²) in [5.74, 6) is -2.08. The summed E-state index contributed by atoms with van der Waals surface area (Å²) in [6, 6.07) is 9.31. The number of rotatable bonds is 3. The molecule has 112 valence electrons. The van der Waals surface area contributed by atoms with Crippen LogP contribution >= 0.6 is 11.6 Å². The van der Waals surface area contributed by atoms with Gasteiger partial charge in [-0.05, 0) is 24.3 Å². The number of hydrogen-bond donors (Lipinski definition) is 2. The molecule has 0 bridgehead atoms. The molecule has 2 aromatic carbocycles. The lowest BCUT2D eigenvalue weighted by Gasteiger charge is -2.09. The van der Waals surface area contributed by atoms with Gasteiger partial charge < -0.3 is 5.32 Å². The van der Waals surface area contributed by atoms with E-state index in [1.807, 2.05) is 0 Å². The van der Waals surface area contributed by atoms with Gasteiger partial charge >= 0.3 is 0 Å². The molecule has 0 atom stereocenters. The normalized spacial score (nSPS) is 10.7. The maximum Gasteiger partial charge on any atom is 0.161 e. The Morgan fingerprint density at radius 3 is 2.18 bits per heavy atom. The molecule has 1 aromatic heterocycles. The van der Waals surface area contributed by atoms with E-state index in [-0.39, 0.29) is 27.8 Å². The Bertz CT molecular complexity index is 812. The summed E-state index contributed by atoms with van der Waals surface area (Å²) in [5.41, 5.74) is -0.218. The van der Waals surface area contributed by atoms with Crippen molar-refractivity contribution in [2.24, 2.45) is 0 Å². The number of aromatic nitrogens is 2. The lowest BCUT2D eigenvalue weighted by molar-refractivity contribution is 0.590. The van der Waals surface area contributed by atoms with Gasteiger partial charge in [-0.15, -0.1) is 0 Å². The smallest absolute Gasteiger partial charge is 0.161 e. The molecule has 7 heteroatoms. The summed E-state index contributed by atoms with van der Waals surface area (Å²) < 4.78 is 41.6. The molecule has 0 unspecified atom stereocenters. The van der Waals surface area contributed by atoms with Crippen LogP contribution in [0.3, 0.4) is 0 Å². The van der Waals surface area contributed by atoms with Gasteiger partial charge in [0, 0.05) is 0 Å². The highest BCUT2D eigenvalue weighted by Gasteiger charge is 2.21. The number of hydrogen-bond acceptors (Lipinski definition) is 2. The van der Waals surface area contributed by atoms with Crippen LogP contribution in [-0.2, 0) is 0 Å². The van der Waals surface area contributed by atoms with E-state index in [9.17, 15) is 13.2 Å². The predicted molar refractivity (Wildman–Crippen MR) is 78.6 cm³/mol. The van der Waals surface area contributed by atoms with Crippen molar-refractivity contribution in [1.82, 2.24) is 10.2 Å². The molecular weight excluding hydrogens is 315 g/mol. The van der Waals surface area contributed by atoms with Gasteiger partial charge in [0.25, 0.3) is 0 Å². The monoisotopic (exact) mass is 323 g/mol. The topological polar surface area (TPSA) is 40.7 Å². The summed E-state index contributed by atoms with van der Waals surface area (Å²) in [7, 11) is 0. The first-order valence-corrected chi connectivity index (χ1v) is 6.65. The maximum absolute atomic E-state index is 13.9. The van der Waals surface area contributed by atoms with Crippen LogP contribution in [0.1, 0.15) is 0 Å². The molecule has 2 N–H and O–H groups in total. The quantitative estimate of drug-likeness (QED) is 0.720. The van der Waals surface area contributed by atoms with Crippen molar-refractivity contribution in [2.75, 3.05) is 5.32 Å². The Hall–Kier alpha value is -2.47. The van der Waals surface area contributed by atoms with Crippen molar-refractivity contribution in [3.05, 3.63) is 65.1 Å². The molecule has 0 amide bonds. The highest BCUT2D eigenvalue weighted by atomic mass is 35.5. The van der Waals surface area contributed by atoms with Crippen molar-refractivity contribution in [1.29, 1.82) is 0 Å². The van der Waals surface area contributed by atoms with E-state index in [0.717, 1.165) is 12.1 Å². The minimum Gasteiger partial charge on any atom is -0.336 e. The van der Waals surface area contributed by atoms with Crippen LogP contribution < -0.4 is 5.32 Å². The largest absolute Gasteiger partial charge is 0.336 e.